The van der Waals surface area contributed by atoms with Crippen molar-refractivity contribution in [3.8, 4) is 0 Å². The van der Waals surface area contributed by atoms with Crippen molar-refractivity contribution >= 4 is 0 Å². The van der Waals surface area contributed by atoms with Crippen molar-refractivity contribution in [3.05, 3.63) is 34.9 Å². The van der Waals surface area contributed by atoms with Gasteiger partial charge in [0.15, 0.2) is 0 Å². The van der Waals surface area contributed by atoms with Crippen LogP contribution in [-0.2, 0) is 4.74 Å². The van der Waals surface area contributed by atoms with E-state index < -0.39 is 0 Å². The van der Waals surface area contributed by atoms with Gasteiger partial charge in [0.25, 0.3) is 0 Å². The van der Waals surface area contributed by atoms with Crippen LogP contribution in [0.3, 0.4) is 0 Å². The van der Waals surface area contributed by atoms with Gasteiger partial charge in [-0.15, -0.1) is 0 Å². The summed E-state index contributed by atoms with van der Waals surface area (Å²) >= 11 is 0. The first kappa shape index (κ1) is 18.2. The van der Waals surface area contributed by atoms with Crippen molar-refractivity contribution in [3.63, 3.8) is 0 Å². The Morgan fingerprint density at radius 3 is 2.52 bits per heavy atom. The molecule has 1 unspecified atom stereocenters. The summed E-state index contributed by atoms with van der Waals surface area (Å²) in [6.45, 7) is 15.9. The lowest BCUT2D eigenvalue weighted by Crippen LogP contribution is -2.27. The Hall–Kier alpha value is -0.860. The van der Waals surface area contributed by atoms with E-state index in [9.17, 15) is 0 Å². The van der Waals surface area contributed by atoms with Crippen molar-refractivity contribution in [2.24, 2.45) is 5.41 Å². The normalized spacial score (nSPS) is 13.4. The standard InChI is InChI=1S/C19H33NO/c1-7-11-20-18(14-21-12-10-19(4,5)6)17-13-15(2)8-9-16(17)3/h8-9,13,18,20H,7,10-12,14H2,1-6H3. The van der Waals surface area contributed by atoms with Gasteiger partial charge in [0.1, 0.15) is 0 Å². The molecule has 0 aromatic heterocycles. The molecule has 0 amide bonds. The maximum atomic E-state index is 5.96. The molecule has 1 N–H and O–H groups in total. The topological polar surface area (TPSA) is 21.3 Å². The van der Waals surface area contributed by atoms with E-state index in [1.807, 2.05) is 0 Å². The molecule has 0 radical (unpaired) electrons. The highest BCUT2D eigenvalue weighted by molar-refractivity contribution is 5.33. The average Bonchev–Trinajstić information content (AvgIpc) is 2.40. The zero-order valence-electron chi connectivity index (χ0n) is 14.8. The number of rotatable bonds is 8. The second-order valence-corrected chi connectivity index (χ2v) is 7.25. The molecule has 0 spiro atoms. The highest BCUT2D eigenvalue weighted by Gasteiger charge is 2.15. The Bertz CT molecular complexity index is 420. The van der Waals surface area contributed by atoms with E-state index in [0.717, 1.165) is 32.6 Å². The fourth-order valence-corrected chi connectivity index (χ4v) is 2.29. The first-order valence-electron chi connectivity index (χ1n) is 8.22. The van der Waals surface area contributed by atoms with Gasteiger partial charge in [0.2, 0.25) is 0 Å². The van der Waals surface area contributed by atoms with Gasteiger partial charge >= 0.3 is 0 Å². The molecule has 2 heteroatoms. The fraction of sp³-hybridized carbons (Fsp3) is 0.684. The quantitative estimate of drug-likeness (QED) is 0.695. The van der Waals surface area contributed by atoms with E-state index in [4.69, 9.17) is 4.74 Å². The van der Waals surface area contributed by atoms with Crippen LogP contribution in [0.1, 0.15) is 63.3 Å². The average molecular weight is 291 g/mol. The molecule has 0 saturated heterocycles. The van der Waals surface area contributed by atoms with Crippen LogP contribution in [0.5, 0.6) is 0 Å². The van der Waals surface area contributed by atoms with E-state index in [-0.39, 0.29) is 0 Å². The molecule has 2 nitrogen and oxygen atoms in total. The Morgan fingerprint density at radius 1 is 1.19 bits per heavy atom. The highest BCUT2D eigenvalue weighted by atomic mass is 16.5. The molecule has 0 bridgehead atoms. The lowest BCUT2D eigenvalue weighted by molar-refractivity contribution is 0.0896. The maximum absolute atomic E-state index is 5.96. The van der Waals surface area contributed by atoms with E-state index in [0.29, 0.717) is 11.5 Å². The minimum atomic E-state index is 0.296. The monoisotopic (exact) mass is 291 g/mol. The van der Waals surface area contributed by atoms with Crippen LogP contribution in [0, 0.1) is 19.3 Å². The van der Waals surface area contributed by atoms with Crippen LogP contribution >= 0.6 is 0 Å². The van der Waals surface area contributed by atoms with Crippen molar-refractivity contribution < 1.29 is 4.74 Å². The van der Waals surface area contributed by atoms with Gasteiger partial charge in [0.05, 0.1) is 12.6 Å². The summed E-state index contributed by atoms with van der Waals surface area (Å²) < 4.78 is 5.96. The lowest BCUT2D eigenvalue weighted by Gasteiger charge is -2.23. The van der Waals surface area contributed by atoms with Crippen LogP contribution < -0.4 is 5.32 Å². The third-order valence-electron chi connectivity index (χ3n) is 3.73. The Balaban J connectivity index is 2.65. The molecule has 120 valence electrons. The lowest BCUT2D eigenvalue weighted by atomic mass is 9.93. The molecular formula is C19H33NO. The molecule has 1 aromatic rings. The zero-order valence-corrected chi connectivity index (χ0v) is 14.8. The van der Waals surface area contributed by atoms with Gasteiger partial charge in [0, 0.05) is 6.61 Å². The Morgan fingerprint density at radius 2 is 1.90 bits per heavy atom. The molecule has 21 heavy (non-hydrogen) atoms. The highest BCUT2D eigenvalue weighted by Crippen LogP contribution is 2.21. The third-order valence-corrected chi connectivity index (χ3v) is 3.73. The molecule has 0 heterocycles. The van der Waals surface area contributed by atoms with Gasteiger partial charge in [-0.1, -0.05) is 51.5 Å². The summed E-state index contributed by atoms with van der Waals surface area (Å²) in [4.78, 5) is 0. The molecule has 0 aliphatic rings. The first-order chi connectivity index (χ1) is 9.83. The predicted octanol–water partition coefficient (Wildman–Crippen LogP) is 4.80. The molecule has 0 aliphatic carbocycles. The number of hydrogen-bond donors (Lipinski definition) is 1. The Labute approximate surface area is 131 Å². The van der Waals surface area contributed by atoms with Crippen LogP contribution in [0.4, 0.5) is 0 Å². The molecular weight excluding hydrogens is 258 g/mol. The van der Waals surface area contributed by atoms with Crippen LogP contribution in [-0.4, -0.2) is 19.8 Å². The van der Waals surface area contributed by atoms with E-state index in [1.54, 1.807) is 0 Å². The zero-order chi connectivity index (χ0) is 15.9. The van der Waals surface area contributed by atoms with Crippen molar-refractivity contribution in [2.45, 2.75) is 60.4 Å². The van der Waals surface area contributed by atoms with Gasteiger partial charge < -0.3 is 10.1 Å². The van der Waals surface area contributed by atoms with Gasteiger partial charge in [-0.3, -0.25) is 0 Å². The number of hydrogen-bond acceptors (Lipinski definition) is 2. The van der Waals surface area contributed by atoms with Gasteiger partial charge in [-0.05, 0) is 49.8 Å². The number of aryl methyl sites for hydroxylation is 2. The molecule has 0 saturated carbocycles. The van der Waals surface area contributed by atoms with Crippen LogP contribution in [0.25, 0.3) is 0 Å². The summed E-state index contributed by atoms with van der Waals surface area (Å²) in [5.41, 5.74) is 4.37. The molecule has 1 rings (SSSR count). The van der Waals surface area contributed by atoms with Crippen molar-refractivity contribution in [2.75, 3.05) is 19.8 Å². The SMILES string of the molecule is CCCNC(COCCC(C)(C)C)c1cc(C)ccc1C. The van der Waals surface area contributed by atoms with Gasteiger partial charge in [-0.2, -0.15) is 0 Å². The van der Waals surface area contributed by atoms with E-state index in [1.165, 1.54) is 16.7 Å². The molecule has 1 aromatic carbocycles. The summed E-state index contributed by atoms with van der Waals surface area (Å²) in [6.07, 6.45) is 2.24. The second-order valence-electron chi connectivity index (χ2n) is 7.25. The van der Waals surface area contributed by atoms with Crippen LogP contribution in [0.15, 0.2) is 18.2 Å². The first-order valence-corrected chi connectivity index (χ1v) is 8.22. The predicted molar refractivity (Wildman–Crippen MR) is 91.8 cm³/mol. The Kier molecular flexibility index (Phi) is 7.41. The maximum Gasteiger partial charge on any atom is 0.0661 e. The van der Waals surface area contributed by atoms with Crippen molar-refractivity contribution in [1.82, 2.24) is 5.32 Å². The van der Waals surface area contributed by atoms with Crippen molar-refractivity contribution in [1.29, 1.82) is 0 Å². The number of ether oxygens (including phenoxy) is 1. The molecule has 0 fully saturated rings. The van der Waals surface area contributed by atoms with E-state index in [2.05, 4.69) is 65.1 Å². The summed E-state index contributed by atoms with van der Waals surface area (Å²) in [5, 5.41) is 3.63. The van der Waals surface area contributed by atoms with Crippen LogP contribution in [0.2, 0.25) is 0 Å². The molecule has 0 aliphatic heterocycles. The summed E-state index contributed by atoms with van der Waals surface area (Å²) in [6, 6.07) is 6.97. The third kappa shape index (κ3) is 7.10. The number of benzene rings is 1. The van der Waals surface area contributed by atoms with Gasteiger partial charge in [-0.25, -0.2) is 0 Å². The minimum Gasteiger partial charge on any atom is -0.379 e. The van der Waals surface area contributed by atoms with E-state index >= 15 is 0 Å². The smallest absolute Gasteiger partial charge is 0.0661 e. The fourth-order valence-electron chi connectivity index (χ4n) is 2.29. The minimum absolute atomic E-state index is 0.296. The number of nitrogens with one attached hydrogen (secondary N) is 1. The summed E-state index contributed by atoms with van der Waals surface area (Å²) in [7, 11) is 0. The molecule has 1 atom stereocenters. The second kappa shape index (κ2) is 8.55. The largest absolute Gasteiger partial charge is 0.379 e. The summed E-state index contributed by atoms with van der Waals surface area (Å²) in [5.74, 6) is 0.